The van der Waals surface area contributed by atoms with Crippen molar-refractivity contribution in [1.29, 1.82) is 0 Å². The van der Waals surface area contributed by atoms with E-state index >= 15 is 0 Å². The Labute approximate surface area is 112 Å². The van der Waals surface area contributed by atoms with E-state index < -0.39 is 12.1 Å². The van der Waals surface area contributed by atoms with Crippen molar-refractivity contribution in [3.05, 3.63) is 29.3 Å². The van der Waals surface area contributed by atoms with Crippen LogP contribution in [-0.4, -0.2) is 24.0 Å². The van der Waals surface area contributed by atoms with Crippen molar-refractivity contribution in [2.24, 2.45) is 0 Å². The first-order valence-corrected chi connectivity index (χ1v) is 6.35. The van der Waals surface area contributed by atoms with E-state index in [4.69, 9.17) is 10.5 Å². The Balaban J connectivity index is 1.99. The number of hydrogen-bond acceptors (Lipinski definition) is 4. The van der Waals surface area contributed by atoms with Crippen LogP contribution >= 0.6 is 0 Å². The number of anilines is 1. The predicted molar refractivity (Wildman–Crippen MR) is 71.6 cm³/mol. The Morgan fingerprint density at radius 2 is 2.11 bits per heavy atom. The second-order valence-corrected chi connectivity index (χ2v) is 4.92. The molecule has 2 rings (SSSR count). The van der Waals surface area contributed by atoms with Crippen molar-refractivity contribution in [1.82, 2.24) is 5.32 Å². The summed E-state index contributed by atoms with van der Waals surface area (Å²) >= 11 is 0. The molecule has 0 spiro atoms. The largest absolute Gasteiger partial charge is 0.449 e. The molecule has 5 nitrogen and oxygen atoms in total. The van der Waals surface area contributed by atoms with E-state index in [9.17, 15) is 9.59 Å². The maximum absolute atomic E-state index is 12.0. The maximum Gasteiger partial charge on any atom is 0.341 e. The second kappa shape index (κ2) is 5.30. The number of carbonyl (C=O) groups is 2. The van der Waals surface area contributed by atoms with Crippen LogP contribution in [-0.2, 0) is 9.53 Å². The zero-order valence-electron chi connectivity index (χ0n) is 11.1. The van der Waals surface area contributed by atoms with Crippen LogP contribution in [0.25, 0.3) is 0 Å². The fourth-order valence-corrected chi connectivity index (χ4v) is 1.67. The predicted octanol–water partition coefficient (Wildman–Crippen LogP) is 1.40. The molecule has 0 saturated heterocycles. The molecule has 0 aromatic heterocycles. The van der Waals surface area contributed by atoms with Crippen LogP contribution < -0.4 is 11.1 Å². The summed E-state index contributed by atoms with van der Waals surface area (Å²) in [7, 11) is 0. The lowest BCUT2D eigenvalue weighted by Gasteiger charge is -2.14. The third-order valence-electron chi connectivity index (χ3n) is 3.01. The fraction of sp³-hybridized carbons (Fsp3) is 0.429. The summed E-state index contributed by atoms with van der Waals surface area (Å²) in [5.41, 5.74) is 7.29. The third-order valence-corrected chi connectivity index (χ3v) is 3.01. The van der Waals surface area contributed by atoms with Gasteiger partial charge in [0.2, 0.25) is 0 Å². The van der Waals surface area contributed by atoms with E-state index in [0.717, 1.165) is 18.4 Å². The van der Waals surface area contributed by atoms with Crippen molar-refractivity contribution in [2.75, 3.05) is 5.73 Å². The number of aryl methyl sites for hydroxylation is 1. The number of hydrogen-bond donors (Lipinski definition) is 2. The van der Waals surface area contributed by atoms with E-state index in [0.29, 0.717) is 11.3 Å². The van der Waals surface area contributed by atoms with Gasteiger partial charge in [0, 0.05) is 11.7 Å². The van der Waals surface area contributed by atoms with Crippen molar-refractivity contribution in [2.45, 2.75) is 38.8 Å². The molecule has 1 fully saturated rings. The van der Waals surface area contributed by atoms with Gasteiger partial charge in [0.05, 0.1) is 5.56 Å². The van der Waals surface area contributed by atoms with E-state index in [1.54, 1.807) is 19.1 Å². The van der Waals surface area contributed by atoms with Gasteiger partial charge in [0.15, 0.2) is 6.10 Å². The molecule has 1 unspecified atom stereocenters. The first kappa shape index (κ1) is 13.4. The Morgan fingerprint density at radius 1 is 1.42 bits per heavy atom. The summed E-state index contributed by atoms with van der Waals surface area (Å²) in [4.78, 5) is 23.6. The van der Waals surface area contributed by atoms with Crippen LogP contribution in [0.3, 0.4) is 0 Å². The number of esters is 1. The minimum Gasteiger partial charge on any atom is -0.449 e. The van der Waals surface area contributed by atoms with Gasteiger partial charge in [-0.15, -0.1) is 0 Å². The summed E-state index contributed by atoms with van der Waals surface area (Å²) < 4.78 is 5.13. The standard InChI is InChI=1S/C14H18N2O3/c1-8-3-6-12(15)11(7-8)14(18)19-9(2)13(17)16-10-4-5-10/h3,6-7,9-10H,4-5,15H2,1-2H3,(H,16,17). The molecule has 102 valence electrons. The molecule has 0 heterocycles. The highest BCUT2D eigenvalue weighted by Gasteiger charge is 2.27. The molecule has 1 aromatic carbocycles. The molecule has 1 amide bonds. The smallest absolute Gasteiger partial charge is 0.341 e. The Morgan fingerprint density at radius 3 is 2.74 bits per heavy atom. The number of rotatable bonds is 4. The molecule has 3 N–H and O–H groups in total. The van der Waals surface area contributed by atoms with Crippen LogP contribution in [0.1, 0.15) is 35.7 Å². The van der Waals surface area contributed by atoms with E-state index in [1.165, 1.54) is 0 Å². The SMILES string of the molecule is Cc1ccc(N)c(C(=O)OC(C)C(=O)NC2CC2)c1. The highest BCUT2D eigenvalue weighted by Crippen LogP contribution is 2.19. The minimum atomic E-state index is -0.812. The number of benzene rings is 1. The van der Waals surface area contributed by atoms with Gasteiger partial charge in [-0.05, 0) is 38.8 Å². The summed E-state index contributed by atoms with van der Waals surface area (Å²) in [6.07, 6.45) is 1.18. The Hall–Kier alpha value is -2.04. The summed E-state index contributed by atoms with van der Waals surface area (Å²) in [5.74, 6) is -0.832. The second-order valence-electron chi connectivity index (χ2n) is 4.92. The molecular weight excluding hydrogens is 244 g/mol. The molecule has 19 heavy (non-hydrogen) atoms. The normalized spacial score (nSPS) is 15.7. The summed E-state index contributed by atoms with van der Waals surface area (Å²) in [5, 5.41) is 2.79. The van der Waals surface area contributed by atoms with Gasteiger partial charge in [-0.25, -0.2) is 4.79 Å². The van der Waals surface area contributed by atoms with Gasteiger partial charge in [0.1, 0.15) is 0 Å². The number of carbonyl (C=O) groups excluding carboxylic acids is 2. The Kier molecular flexibility index (Phi) is 3.74. The monoisotopic (exact) mass is 262 g/mol. The van der Waals surface area contributed by atoms with Crippen molar-refractivity contribution in [3.63, 3.8) is 0 Å². The number of nitrogens with two attached hydrogens (primary N) is 1. The summed E-state index contributed by atoms with van der Waals surface area (Å²) in [6, 6.07) is 5.37. The lowest BCUT2D eigenvalue weighted by Crippen LogP contribution is -2.37. The minimum absolute atomic E-state index is 0.248. The van der Waals surface area contributed by atoms with Crippen LogP contribution in [0.15, 0.2) is 18.2 Å². The number of nitrogens with one attached hydrogen (secondary N) is 1. The Bertz CT molecular complexity index is 509. The maximum atomic E-state index is 12.0. The van der Waals surface area contributed by atoms with Gasteiger partial charge in [0.25, 0.3) is 5.91 Å². The van der Waals surface area contributed by atoms with Crippen molar-refractivity contribution in [3.8, 4) is 0 Å². The number of ether oxygens (including phenoxy) is 1. The summed E-state index contributed by atoms with van der Waals surface area (Å²) in [6.45, 7) is 3.42. The molecule has 0 radical (unpaired) electrons. The van der Waals surface area contributed by atoms with Gasteiger partial charge < -0.3 is 15.8 Å². The molecule has 0 aliphatic heterocycles. The number of amides is 1. The molecule has 1 aromatic rings. The third kappa shape index (κ3) is 3.47. The zero-order valence-corrected chi connectivity index (χ0v) is 11.1. The molecule has 5 heteroatoms. The van der Waals surface area contributed by atoms with Gasteiger partial charge in [-0.2, -0.15) is 0 Å². The van der Waals surface area contributed by atoms with E-state index in [-0.39, 0.29) is 11.9 Å². The highest BCUT2D eigenvalue weighted by molar-refractivity contribution is 5.97. The van der Waals surface area contributed by atoms with Gasteiger partial charge >= 0.3 is 5.97 Å². The molecular formula is C14H18N2O3. The van der Waals surface area contributed by atoms with Crippen LogP contribution in [0.4, 0.5) is 5.69 Å². The first-order valence-electron chi connectivity index (χ1n) is 6.35. The molecule has 1 aliphatic carbocycles. The lowest BCUT2D eigenvalue weighted by atomic mass is 10.1. The van der Waals surface area contributed by atoms with E-state index in [1.807, 2.05) is 13.0 Å². The fourth-order valence-electron chi connectivity index (χ4n) is 1.67. The lowest BCUT2D eigenvalue weighted by molar-refractivity contribution is -0.129. The molecule has 1 saturated carbocycles. The quantitative estimate of drug-likeness (QED) is 0.635. The number of nitrogen functional groups attached to an aromatic ring is 1. The molecule has 0 bridgehead atoms. The van der Waals surface area contributed by atoms with Crippen LogP contribution in [0, 0.1) is 6.92 Å². The van der Waals surface area contributed by atoms with Crippen molar-refractivity contribution >= 4 is 17.6 Å². The first-order chi connectivity index (χ1) is 8.97. The van der Waals surface area contributed by atoms with Crippen LogP contribution in [0.5, 0.6) is 0 Å². The van der Waals surface area contributed by atoms with Crippen molar-refractivity contribution < 1.29 is 14.3 Å². The average Bonchev–Trinajstić information content (AvgIpc) is 3.15. The van der Waals surface area contributed by atoms with E-state index in [2.05, 4.69) is 5.32 Å². The molecule has 1 aliphatic rings. The average molecular weight is 262 g/mol. The zero-order chi connectivity index (χ0) is 14.0. The highest BCUT2D eigenvalue weighted by atomic mass is 16.5. The van der Waals surface area contributed by atoms with Gasteiger partial charge in [-0.1, -0.05) is 11.6 Å². The van der Waals surface area contributed by atoms with Gasteiger partial charge in [-0.3, -0.25) is 4.79 Å². The topological polar surface area (TPSA) is 81.4 Å². The molecule has 1 atom stereocenters. The van der Waals surface area contributed by atoms with Crippen LogP contribution in [0.2, 0.25) is 0 Å².